The van der Waals surface area contributed by atoms with Crippen LogP contribution < -0.4 is 5.32 Å². The molecule has 1 unspecified atom stereocenters. The van der Waals surface area contributed by atoms with Gasteiger partial charge in [-0.2, -0.15) is 13.2 Å². The fourth-order valence-corrected chi connectivity index (χ4v) is 6.72. The number of hydrogen-bond donors (Lipinski definition) is 1. The zero-order chi connectivity index (χ0) is 21.6. The summed E-state index contributed by atoms with van der Waals surface area (Å²) in [6, 6.07) is 5.67. The molecule has 31 heavy (non-hydrogen) atoms. The molecule has 1 amide bonds. The lowest BCUT2D eigenvalue weighted by Gasteiger charge is -2.54. The summed E-state index contributed by atoms with van der Waals surface area (Å²) in [5.74, 6) is 3.17. The monoisotopic (exact) mass is 436 g/mol. The lowest BCUT2D eigenvalue weighted by atomic mass is 9.54. The maximum Gasteiger partial charge on any atom is 0.416 e. The van der Waals surface area contributed by atoms with Crippen LogP contribution in [0.4, 0.5) is 13.2 Å². The molecular formula is C24H31F3N2O2. The van der Waals surface area contributed by atoms with Crippen LogP contribution >= 0.6 is 0 Å². The van der Waals surface area contributed by atoms with E-state index in [-0.39, 0.29) is 12.0 Å². The molecule has 1 aliphatic heterocycles. The van der Waals surface area contributed by atoms with Crippen LogP contribution in [0.1, 0.15) is 49.7 Å². The Morgan fingerprint density at radius 2 is 1.68 bits per heavy atom. The summed E-state index contributed by atoms with van der Waals surface area (Å²) in [4.78, 5) is 14.9. The minimum Gasteiger partial charge on any atom is -0.375 e. The molecule has 1 saturated heterocycles. The van der Waals surface area contributed by atoms with Gasteiger partial charge < -0.3 is 10.1 Å². The summed E-state index contributed by atoms with van der Waals surface area (Å²) in [5.41, 5.74) is 0.212. The topological polar surface area (TPSA) is 41.6 Å². The van der Waals surface area contributed by atoms with Crippen LogP contribution in [-0.2, 0) is 22.3 Å². The summed E-state index contributed by atoms with van der Waals surface area (Å²) in [6.07, 6.45) is 2.38. The first-order valence-corrected chi connectivity index (χ1v) is 11.6. The largest absolute Gasteiger partial charge is 0.416 e. The molecule has 6 rings (SSSR count). The van der Waals surface area contributed by atoms with E-state index < -0.39 is 11.7 Å². The minimum absolute atomic E-state index is 0.0823. The van der Waals surface area contributed by atoms with Crippen LogP contribution in [0.15, 0.2) is 24.3 Å². The van der Waals surface area contributed by atoms with Crippen molar-refractivity contribution in [3.8, 4) is 0 Å². The minimum atomic E-state index is -4.31. The molecule has 5 fully saturated rings. The standard InChI is InChI=1S/C24H31F3N2O2/c25-24(26,27)20-3-1-15(2-4-20)13-29-5-6-31-21(14-29)12-22(30)28-23-18-8-16-7-17(10-18)11-19(23)9-16/h1-4,16-19,21,23H,5-14H2,(H,28,30). The SMILES string of the molecule is O=C(CC1CN(Cc2ccc(C(F)(F)F)cc2)CCO1)NC1C2CC3CC(C2)CC1C3. The highest BCUT2D eigenvalue weighted by Crippen LogP contribution is 2.53. The lowest BCUT2D eigenvalue weighted by molar-refractivity contribution is -0.137. The van der Waals surface area contributed by atoms with Gasteiger partial charge >= 0.3 is 6.18 Å². The molecule has 5 aliphatic rings. The smallest absolute Gasteiger partial charge is 0.375 e. The van der Waals surface area contributed by atoms with Crippen molar-refractivity contribution >= 4 is 5.91 Å². The van der Waals surface area contributed by atoms with Crippen molar-refractivity contribution in [2.24, 2.45) is 23.7 Å². The average molecular weight is 437 g/mol. The van der Waals surface area contributed by atoms with Gasteiger partial charge in [0, 0.05) is 25.7 Å². The summed E-state index contributed by atoms with van der Waals surface area (Å²) in [5, 5.41) is 3.35. The molecule has 4 saturated carbocycles. The van der Waals surface area contributed by atoms with Gasteiger partial charge in [0.1, 0.15) is 0 Å². The van der Waals surface area contributed by atoms with Crippen LogP contribution in [0.2, 0.25) is 0 Å². The molecule has 0 radical (unpaired) electrons. The number of rotatable bonds is 5. The first-order chi connectivity index (χ1) is 14.8. The Labute approximate surface area is 181 Å². The number of amides is 1. The van der Waals surface area contributed by atoms with E-state index in [1.165, 1.54) is 44.2 Å². The molecular weight excluding hydrogens is 405 g/mol. The van der Waals surface area contributed by atoms with Gasteiger partial charge in [0.05, 0.1) is 24.7 Å². The first-order valence-electron chi connectivity index (χ1n) is 11.6. The van der Waals surface area contributed by atoms with Gasteiger partial charge in [-0.1, -0.05) is 12.1 Å². The first kappa shape index (κ1) is 21.3. The second kappa shape index (κ2) is 8.39. The van der Waals surface area contributed by atoms with Crippen molar-refractivity contribution in [2.75, 3.05) is 19.7 Å². The van der Waals surface area contributed by atoms with E-state index in [2.05, 4.69) is 10.2 Å². The van der Waals surface area contributed by atoms with Crippen LogP contribution in [0.25, 0.3) is 0 Å². The number of alkyl halides is 3. The normalized spacial score (nSPS) is 35.3. The Balaban J connectivity index is 1.12. The molecule has 1 heterocycles. The fraction of sp³-hybridized carbons (Fsp3) is 0.708. The van der Waals surface area contributed by atoms with Crippen LogP contribution in [0, 0.1) is 23.7 Å². The van der Waals surface area contributed by atoms with Crippen LogP contribution in [0.3, 0.4) is 0 Å². The molecule has 170 valence electrons. The van der Waals surface area contributed by atoms with E-state index in [0.29, 0.717) is 50.5 Å². The predicted octanol–water partition coefficient (Wildman–Crippen LogP) is 4.24. The third-order valence-electron chi connectivity index (χ3n) is 7.88. The number of carbonyl (C=O) groups excluding carboxylic acids is 1. The second-order valence-corrected chi connectivity index (χ2v) is 10.2. The molecule has 4 nitrogen and oxygen atoms in total. The number of ether oxygens (including phenoxy) is 1. The Hall–Kier alpha value is -1.60. The molecule has 1 aromatic carbocycles. The summed E-state index contributed by atoms with van der Waals surface area (Å²) >= 11 is 0. The summed E-state index contributed by atoms with van der Waals surface area (Å²) < 4.78 is 44.1. The van der Waals surface area contributed by atoms with E-state index in [1.54, 1.807) is 0 Å². The molecule has 1 aromatic rings. The van der Waals surface area contributed by atoms with Gasteiger partial charge in [-0.05, 0) is 73.5 Å². The van der Waals surface area contributed by atoms with E-state index >= 15 is 0 Å². The van der Waals surface area contributed by atoms with Crippen LogP contribution in [0.5, 0.6) is 0 Å². The number of carbonyl (C=O) groups is 1. The van der Waals surface area contributed by atoms with Crippen molar-refractivity contribution in [3.63, 3.8) is 0 Å². The number of halogens is 3. The van der Waals surface area contributed by atoms with Crippen molar-refractivity contribution in [1.29, 1.82) is 0 Å². The molecule has 1 N–H and O–H groups in total. The van der Waals surface area contributed by atoms with Crippen molar-refractivity contribution in [1.82, 2.24) is 10.2 Å². The molecule has 0 spiro atoms. The van der Waals surface area contributed by atoms with Crippen LogP contribution in [-0.4, -0.2) is 42.6 Å². The highest BCUT2D eigenvalue weighted by atomic mass is 19.4. The Morgan fingerprint density at radius 1 is 1.03 bits per heavy atom. The molecule has 1 atom stereocenters. The Morgan fingerprint density at radius 3 is 2.29 bits per heavy atom. The zero-order valence-electron chi connectivity index (χ0n) is 17.7. The van der Waals surface area contributed by atoms with Gasteiger partial charge in [0.2, 0.25) is 5.91 Å². The number of benzene rings is 1. The third-order valence-corrected chi connectivity index (χ3v) is 7.88. The number of nitrogens with one attached hydrogen (secondary N) is 1. The predicted molar refractivity (Wildman–Crippen MR) is 110 cm³/mol. The van der Waals surface area contributed by atoms with E-state index in [0.717, 1.165) is 29.5 Å². The number of hydrogen-bond acceptors (Lipinski definition) is 3. The van der Waals surface area contributed by atoms with Crippen molar-refractivity contribution < 1.29 is 22.7 Å². The van der Waals surface area contributed by atoms with Crippen molar-refractivity contribution in [3.05, 3.63) is 35.4 Å². The van der Waals surface area contributed by atoms with E-state index in [9.17, 15) is 18.0 Å². The highest BCUT2D eigenvalue weighted by molar-refractivity contribution is 5.77. The second-order valence-electron chi connectivity index (χ2n) is 10.2. The zero-order valence-corrected chi connectivity index (χ0v) is 17.7. The Kier molecular flexibility index (Phi) is 5.76. The van der Waals surface area contributed by atoms with Gasteiger partial charge in [-0.15, -0.1) is 0 Å². The van der Waals surface area contributed by atoms with E-state index in [1.807, 2.05) is 0 Å². The molecule has 0 aromatic heterocycles. The molecule has 4 bridgehead atoms. The van der Waals surface area contributed by atoms with Gasteiger partial charge in [0.15, 0.2) is 0 Å². The van der Waals surface area contributed by atoms with E-state index in [4.69, 9.17) is 4.74 Å². The van der Waals surface area contributed by atoms with Gasteiger partial charge in [-0.3, -0.25) is 9.69 Å². The highest BCUT2D eigenvalue weighted by Gasteiger charge is 2.48. The Bertz CT molecular complexity index is 767. The maximum atomic E-state index is 12.8. The number of nitrogens with zero attached hydrogens (tertiary/aromatic N) is 1. The maximum absolute atomic E-state index is 12.8. The van der Waals surface area contributed by atoms with Gasteiger partial charge in [-0.25, -0.2) is 0 Å². The fourth-order valence-electron chi connectivity index (χ4n) is 6.72. The van der Waals surface area contributed by atoms with Crippen molar-refractivity contribution in [2.45, 2.75) is 63.4 Å². The summed E-state index contributed by atoms with van der Waals surface area (Å²) in [6.45, 7) is 2.44. The van der Waals surface area contributed by atoms with Gasteiger partial charge in [0.25, 0.3) is 0 Å². The average Bonchev–Trinajstić information content (AvgIpc) is 2.70. The number of morpholine rings is 1. The lowest BCUT2D eigenvalue weighted by Crippen LogP contribution is -2.56. The molecule has 4 aliphatic carbocycles. The summed E-state index contributed by atoms with van der Waals surface area (Å²) in [7, 11) is 0. The quantitative estimate of drug-likeness (QED) is 0.751. The molecule has 7 heteroatoms. The third kappa shape index (κ3) is 4.77.